The number of carboxylic acids is 1. The maximum Gasteiger partial charge on any atom is 0.490 e. The van der Waals surface area contributed by atoms with E-state index in [1.165, 1.54) is 5.56 Å². The Kier molecular flexibility index (Phi) is 5.76. The van der Waals surface area contributed by atoms with Crippen molar-refractivity contribution in [1.29, 1.82) is 0 Å². The molecule has 5 nitrogen and oxygen atoms in total. The number of aliphatic carboxylic acids is 1. The van der Waals surface area contributed by atoms with Crippen LogP contribution in [0.1, 0.15) is 19.4 Å². The lowest BCUT2D eigenvalue weighted by Gasteiger charge is -2.27. The Labute approximate surface area is 132 Å². The number of amides is 1. The Morgan fingerprint density at radius 3 is 2.13 bits per heavy atom. The maximum absolute atomic E-state index is 12.0. The molecule has 0 spiro atoms. The van der Waals surface area contributed by atoms with Crippen molar-refractivity contribution in [2.24, 2.45) is 0 Å². The van der Waals surface area contributed by atoms with E-state index >= 15 is 0 Å². The number of hydrogen-bond donors (Lipinski definition) is 2. The minimum atomic E-state index is -5.08. The zero-order valence-electron chi connectivity index (χ0n) is 13.0. The van der Waals surface area contributed by atoms with Gasteiger partial charge in [-0.05, 0) is 25.8 Å². The molecule has 0 aromatic heterocycles. The van der Waals surface area contributed by atoms with Crippen LogP contribution in [0, 0.1) is 0 Å². The Balaban J connectivity index is 0.000000322. The molecule has 23 heavy (non-hydrogen) atoms. The zero-order chi connectivity index (χ0) is 17.8. The second kappa shape index (κ2) is 6.99. The van der Waals surface area contributed by atoms with Gasteiger partial charge in [0, 0.05) is 7.05 Å². The monoisotopic (exact) mass is 332 g/mol. The fourth-order valence-electron chi connectivity index (χ4n) is 2.08. The standard InChI is InChI=1S/C13H18N2O.C2HF3O2/c1-13(2)14-11(12(16)15(13)3)9-10-7-5-4-6-8-10;3-2(4,5)1(6)7/h4-8,11,14H,9H2,1-3H3;(H,6,7). The molecular formula is C15H19F3N2O3. The highest BCUT2D eigenvalue weighted by molar-refractivity contribution is 5.85. The third kappa shape index (κ3) is 5.24. The van der Waals surface area contributed by atoms with E-state index in [9.17, 15) is 18.0 Å². The number of carbonyl (C=O) groups is 2. The lowest BCUT2D eigenvalue weighted by molar-refractivity contribution is -0.192. The van der Waals surface area contributed by atoms with Gasteiger partial charge in [-0.25, -0.2) is 4.79 Å². The van der Waals surface area contributed by atoms with Gasteiger partial charge in [0.05, 0.1) is 11.7 Å². The zero-order valence-corrected chi connectivity index (χ0v) is 13.0. The van der Waals surface area contributed by atoms with E-state index in [0.717, 1.165) is 6.42 Å². The summed E-state index contributed by atoms with van der Waals surface area (Å²) >= 11 is 0. The van der Waals surface area contributed by atoms with Crippen LogP contribution in [0.3, 0.4) is 0 Å². The number of carboxylic acid groups (broad SMARTS) is 1. The van der Waals surface area contributed by atoms with Crippen LogP contribution >= 0.6 is 0 Å². The third-order valence-electron chi connectivity index (χ3n) is 3.52. The van der Waals surface area contributed by atoms with Crippen molar-refractivity contribution in [1.82, 2.24) is 10.2 Å². The summed E-state index contributed by atoms with van der Waals surface area (Å²) in [6.45, 7) is 4.05. The molecule has 1 amide bonds. The van der Waals surface area contributed by atoms with Gasteiger partial charge < -0.3 is 10.0 Å². The van der Waals surface area contributed by atoms with Gasteiger partial charge in [-0.3, -0.25) is 10.1 Å². The molecule has 0 aliphatic carbocycles. The molecule has 0 saturated carbocycles. The van der Waals surface area contributed by atoms with Gasteiger partial charge in [0.15, 0.2) is 0 Å². The van der Waals surface area contributed by atoms with Crippen LogP contribution in [0.4, 0.5) is 13.2 Å². The van der Waals surface area contributed by atoms with Crippen LogP contribution in [0.5, 0.6) is 0 Å². The summed E-state index contributed by atoms with van der Waals surface area (Å²) in [6, 6.07) is 10.0. The predicted molar refractivity (Wildman–Crippen MR) is 77.6 cm³/mol. The summed E-state index contributed by atoms with van der Waals surface area (Å²) in [5.74, 6) is -2.58. The molecule has 8 heteroatoms. The van der Waals surface area contributed by atoms with Gasteiger partial charge in [-0.15, -0.1) is 0 Å². The first kappa shape index (κ1) is 19.0. The molecule has 1 heterocycles. The first-order valence-electron chi connectivity index (χ1n) is 6.84. The Hall–Kier alpha value is -2.09. The number of hydrogen-bond acceptors (Lipinski definition) is 3. The second-order valence-corrected chi connectivity index (χ2v) is 5.65. The molecule has 1 fully saturated rings. The second-order valence-electron chi connectivity index (χ2n) is 5.65. The van der Waals surface area contributed by atoms with Gasteiger partial charge in [0.1, 0.15) is 0 Å². The average Bonchev–Trinajstić information content (AvgIpc) is 2.63. The summed E-state index contributed by atoms with van der Waals surface area (Å²) < 4.78 is 31.7. The average molecular weight is 332 g/mol. The van der Waals surface area contributed by atoms with Gasteiger partial charge in [-0.2, -0.15) is 13.2 Å². The Morgan fingerprint density at radius 1 is 1.30 bits per heavy atom. The van der Waals surface area contributed by atoms with Gasteiger partial charge >= 0.3 is 12.1 Å². The lowest BCUT2D eigenvalue weighted by Crippen LogP contribution is -2.45. The first-order valence-corrected chi connectivity index (χ1v) is 6.84. The van der Waals surface area contributed by atoms with Gasteiger partial charge in [0.25, 0.3) is 0 Å². The highest BCUT2D eigenvalue weighted by Gasteiger charge is 2.41. The predicted octanol–water partition coefficient (Wildman–Crippen LogP) is 2.03. The summed E-state index contributed by atoms with van der Waals surface area (Å²) in [5, 5.41) is 10.5. The van der Waals surface area contributed by atoms with E-state index in [1.807, 2.05) is 39.1 Å². The van der Waals surface area contributed by atoms with E-state index in [4.69, 9.17) is 9.90 Å². The summed E-state index contributed by atoms with van der Waals surface area (Å²) in [6.07, 6.45) is -4.33. The van der Waals surface area contributed by atoms with Gasteiger partial charge in [-0.1, -0.05) is 30.3 Å². The summed E-state index contributed by atoms with van der Waals surface area (Å²) in [4.78, 5) is 22.7. The van der Waals surface area contributed by atoms with Crippen molar-refractivity contribution >= 4 is 11.9 Å². The van der Waals surface area contributed by atoms with Crippen LogP contribution in [0.15, 0.2) is 30.3 Å². The van der Waals surface area contributed by atoms with E-state index < -0.39 is 12.1 Å². The van der Waals surface area contributed by atoms with Crippen LogP contribution in [-0.2, 0) is 16.0 Å². The smallest absolute Gasteiger partial charge is 0.475 e. The van der Waals surface area contributed by atoms with Crippen LogP contribution in [-0.4, -0.2) is 46.8 Å². The number of nitrogens with one attached hydrogen (secondary N) is 1. The van der Waals surface area contributed by atoms with Crippen molar-refractivity contribution in [2.45, 2.75) is 38.1 Å². The van der Waals surface area contributed by atoms with Gasteiger partial charge in [0.2, 0.25) is 5.91 Å². The summed E-state index contributed by atoms with van der Waals surface area (Å²) in [5.41, 5.74) is 0.954. The topological polar surface area (TPSA) is 69.6 Å². The van der Waals surface area contributed by atoms with Crippen molar-refractivity contribution < 1.29 is 27.9 Å². The van der Waals surface area contributed by atoms with E-state index in [-0.39, 0.29) is 17.6 Å². The highest BCUT2D eigenvalue weighted by Crippen LogP contribution is 2.20. The molecule has 2 rings (SSSR count). The quantitative estimate of drug-likeness (QED) is 0.869. The molecule has 1 aliphatic heterocycles. The van der Waals surface area contributed by atoms with Crippen LogP contribution in [0.25, 0.3) is 0 Å². The molecule has 1 unspecified atom stereocenters. The molecule has 1 aliphatic rings. The lowest BCUT2D eigenvalue weighted by atomic mass is 10.1. The fourth-order valence-corrected chi connectivity index (χ4v) is 2.08. The molecule has 1 atom stereocenters. The molecule has 1 aromatic rings. The Bertz CT molecular complexity index is 559. The minimum absolute atomic E-state index is 0.0950. The number of carbonyl (C=O) groups excluding carboxylic acids is 1. The van der Waals surface area contributed by atoms with E-state index in [2.05, 4.69) is 17.4 Å². The maximum atomic E-state index is 12.0. The molecule has 2 N–H and O–H groups in total. The number of rotatable bonds is 2. The SMILES string of the molecule is CN1C(=O)C(Cc2ccccc2)NC1(C)C.O=C(O)C(F)(F)F. The molecule has 0 bridgehead atoms. The van der Waals surface area contributed by atoms with Crippen LogP contribution < -0.4 is 5.32 Å². The number of likely N-dealkylation sites (N-methyl/N-ethyl adjacent to an activating group) is 1. The molecule has 0 radical (unpaired) electrons. The largest absolute Gasteiger partial charge is 0.490 e. The fraction of sp³-hybridized carbons (Fsp3) is 0.467. The van der Waals surface area contributed by atoms with E-state index in [1.54, 1.807) is 4.90 Å². The van der Waals surface area contributed by atoms with Crippen LogP contribution in [0.2, 0.25) is 0 Å². The van der Waals surface area contributed by atoms with Crippen molar-refractivity contribution in [3.63, 3.8) is 0 Å². The molecular weight excluding hydrogens is 313 g/mol. The minimum Gasteiger partial charge on any atom is -0.475 e. The summed E-state index contributed by atoms with van der Waals surface area (Å²) in [7, 11) is 1.85. The number of benzene rings is 1. The molecule has 1 aromatic carbocycles. The van der Waals surface area contributed by atoms with Crippen molar-refractivity contribution in [3.8, 4) is 0 Å². The molecule has 1 saturated heterocycles. The number of alkyl halides is 3. The molecule has 128 valence electrons. The highest BCUT2D eigenvalue weighted by atomic mass is 19.4. The van der Waals surface area contributed by atoms with Crippen molar-refractivity contribution in [3.05, 3.63) is 35.9 Å². The van der Waals surface area contributed by atoms with E-state index in [0.29, 0.717) is 0 Å². The number of nitrogens with zero attached hydrogens (tertiary/aromatic N) is 1. The normalized spacial score (nSPS) is 20.0. The third-order valence-corrected chi connectivity index (χ3v) is 3.52. The van der Waals surface area contributed by atoms with Crippen molar-refractivity contribution in [2.75, 3.05) is 7.05 Å². The first-order chi connectivity index (χ1) is 10.4. The number of halogens is 3. The Morgan fingerprint density at radius 2 is 1.78 bits per heavy atom.